The van der Waals surface area contributed by atoms with Crippen LogP contribution in [-0.4, -0.2) is 40.0 Å². The van der Waals surface area contributed by atoms with E-state index >= 15 is 0 Å². The number of halogens is 1. The lowest BCUT2D eigenvalue weighted by atomic mass is 10.1. The summed E-state index contributed by atoms with van der Waals surface area (Å²) in [6, 6.07) is 13.3. The molecule has 0 aliphatic rings. The lowest BCUT2D eigenvalue weighted by Crippen LogP contribution is -2.37. The molecule has 0 radical (unpaired) electrons. The molecule has 0 aliphatic heterocycles. The number of H-pyrrole nitrogens is 1. The normalized spacial score (nSPS) is 11.9. The van der Waals surface area contributed by atoms with Gasteiger partial charge in [-0.2, -0.15) is 0 Å². The van der Waals surface area contributed by atoms with Gasteiger partial charge in [-0.25, -0.2) is 13.1 Å². The predicted molar refractivity (Wildman–Crippen MR) is 133 cm³/mol. The summed E-state index contributed by atoms with van der Waals surface area (Å²) in [6.45, 7) is 3.29. The van der Waals surface area contributed by atoms with Crippen molar-refractivity contribution in [3.8, 4) is 0 Å². The highest BCUT2D eigenvalue weighted by Crippen LogP contribution is 2.19. The van der Waals surface area contributed by atoms with Gasteiger partial charge in [0.1, 0.15) is 0 Å². The number of rotatable bonds is 7. The predicted octanol–water partition coefficient (Wildman–Crippen LogP) is 2.91. The maximum atomic E-state index is 11.9. The zero-order chi connectivity index (χ0) is 20.9. The lowest BCUT2D eigenvalue weighted by Gasteiger charge is -2.12. The third-order valence-corrected chi connectivity index (χ3v) is 6.18. The van der Waals surface area contributed by atoms with Crippen LogP contribution in [0.25, 0.3) is 10.9 Å². The Hall–Kier alpha value is -2.11. The number of hydrogen-bond donors (Lipinski definition) is 4. The Bertz CT molecular complexity index is 1130. The van der Waals surface area contributed by atoms with Gasteiger partial charge in [0.25, 0.3) is 0 Å². The van der Waals surface area contributed by atoms with Crippen LogP contribution in [0.1, 0.15) is 16.7 Å². The fraction of sp³-hybridized carbons (Fsp3) is 0.286. The molecule has 9 heteroatoms. The van der Waals surface area contributed by atoms with Crippen LogP contribution in [0.4, 0.5) is 0 Å². The third-order valence-electron chi connectivity index (χ3n) is 4.77. The molecule has 1 aromatic heterocycles. The van der Waals surface area contributed by atoms with Gasteiger partial charge in [-0.1, -0.05) is 24.3 Å². The Morgan fingerprint density at radius 3 is 2.67 bits per heavy atom. The molecule has 0 unspecified atom stereocenters. The first-order valence-corrected chi connectivity index (χ1v) is 10.9. The zero-order valence-corrected chi connectivity index (χ0v) is 20.5. The van der Waals surface area contributed by atoms with Crippen LogP contribution in [0.15, 0.2) is 58.5 Å². The van der Waals surface area contributed by atoms with Crippen molar-refractivity contribution in [2.24, 2.45) is 4.99 Å². The molecule has 2 aromatic carbocycles. The Kier molecular flexibility index (Phi) is 8.68. The molecule has 0 saturated heterocycles. The summed E-state index contributed by atoms with van der Waals surface area (Å²) in [7, 11) is -0.334. The van der Waals surface area contributed by atoms with E-state index in [1.54, 1.807) is 25.2 Å². The van der Waals surface area contributed by atoms with Crippen molar-refractivity contribution >= 4 is 50.9 Å². The van der Waals surface area contributed by atoms with Crippen LogP contribution >= 0.6 is 24.0 Å². The van der Waals surface area contributed by atoms with Crippen LogP contribution in [0.2, 0.25) is 0 Å². The van der Waals surface area contributed by atoms with E-state index in [0.29, 0.717) is 12.5 Å². The summed E-state index contributed by atoms with van der Waals surface area (Å²) in [4.78, 5) is 7.81. The van der Waals surface area contributed by atoms with Gasteiger partial charge in [-0.15, -0.1) is 24.0 Å². The number of sulfonamides is 1. The van der Waals surface area contributed by atoms with Gasteiger partial charge in [-0.3, -0.25) is 4.99 Å². The lowest BCUT2D eigenvalue weighted by molar-refractivity contribution is 0.588. The summed E-state index contributed by atoms with van der Waals surface area (Å²) in [5.74, 6) is 0.669. The average molecular weight is 541 g/mol. The monoisotopic (exact) mass is 541 g/mol. The molecule has 0 spiro atoms. The van der Waals surface area contributed by atoms with Crippen molar-refractivity contribution in [1.29, 1.82) is 0 Å². The number of nitrogens with one attached hydrogen (secondary N) is 4. The largest absolute Gasteiger partial charge is 0.361 e. The molecule has 0 amide bonds. The highest BCUT2D eigenvalue weighted by molar-refractivity contribution is 14.0. The number of hydrogen-bond acceptors (Lipinski definition) is 3. The SMILES string of the molecule is CN=C(NCCc1c[nH]c2cc(C)ccc12)NCc1cccc(S(=O)(=O)NC)c1.I. The third kappa shape index (κ3) is 5.96. The molecule has 162 valence electrons. The molecule has 7 nitrogen and oxygen atoms in total. The summed E-state index contributed by atoms with van der Waals surface area (Å²) < 4.78 is 26.2. The first-order valence-electron chi connectivity index (χ1n) is 9.46. The van der Waals surface area contributed by atoms with Crippen molar-refractivity contribution < 1.29 is 8.42 Å². The number of aromatic amines is 1. The molecular weight excluding hydrogens is 513 g/mol. The van der Waals surface area contributed by atoms with Crippen LogP contribution in [0.3, 0.4) is 0 Å². The Labute approximate surface area is 194 Å². The zero-order valence-electron chi connectivity index (χ0n) is 17.3. The first kappa shape index (κ1) is 24.2. The summed E-state index contributed by atoms with van der Waals surface area (Å²) >= 11 is 0. The van der Waals surface area contributed by atoms with Gasteiger partial charge < -0.3 is 15.6 Å². The highest BCUT2D eigenvalue weighted by Gasteiger charge is 2.11. The number of aliphatic imine (C=N–C) groups is 1. The number of guanidine groups is 1. The highest BCUT2D eigenvalue weighted by atomic mass is 127. The minimum Gasteiger partial charge on any atom is -0.361 e. The molecule has 4 N–H and O–H groups in total. The van der Waals surface area contributed by atoms with Crippen molar-refractivity contribution in [3.05, 3.63) is 65.4 Å². The summed E-state index contributed by atoms with van der Waals surface area (Å²) in [5.41, 5.74) is 4.50. The molecule has 3 aromatic rings. The minimum atomic E-state index is -3.45. The van der Waals surface area contributed by atoms with E-state index in [1.807, 2.05) is 6.07 Å². The second kappa shape index (κ2) is 10.8. The maximum absolute atomic E-state index is 11.9. The Morgan fingerprint density at radius 1 is 1.13 bits per heavy atom. The van der Waals surface area contributed by atoms with E-state index in [2.05, 4.69) is 56.7 Å². The van der Waals surface area contributed by atoms with Gasteiger partial charge >= 0.3 is 0 Å². The number of nitrogens with zero attached hydrogens (tertiary/aromatic N) is 1. The smallest absolute Gasteiger partial charge is 0.240 e. The second-order valence-electron chi connectivity index (χ2n) is 6.82. The van der Waals surface area contributed by atoms with Crippen LogP contribution in [-0.2, 0) is 23.0 Å². The van der Waals surface area contributed by atoms with Gasteiger partial charge in [0.2, 0.25) is 10.0 Å². The van der Waals surface area contributed by atoms with Crippen LogP contribution in [0, 0.1) is 6.92 Å². The molecule has 0 bridgehead atoms. The standard InChI is InChI=1S/C21H27N5O2S.HI/c1-15-7-8-19-17(14-25-20(19)11-15)9-10-24-21(22-2)26-13-16-5-4-6-18(12-16)29(27,28)23-3;/h4-8,11-12,14,23,25H,9-10,13H2,1-3H3,(H2,22,24,26);1H. The van der Waals surface area contributed by atoms with E-state index in [1.165, 1.54) is 23.6 Å². The molecule has 30 heavy (non-hydrogen) atoms. The Balaban J connectivity index is 0.00000320. The van der Waals surface area contributed by atoms with E-state index in [-0.39, 0.29) is 28.9 Å². The molecule has 3 rings (SSSR count). The van der Waals surface area contributed by atoms with E-state index in [0.717, 1.165) is 24.0 Å². The van der Waals surface area contributed by atoms with Crippen LogP contribution < -0.4 is 15.4 Å². The molecule has 0 fully saturated rings. The van der Waals surface area contributed by atoms with E-state index < -0.39 is 10.0 Å². The van der Waals surface area contributed by atoms with Gasteiger partial charge in [0.15, 0.2) is 5.96 Å². The van der Waals surface area contributed by atoms with Gasteiger partial charge in [0.05, 0.1) is 4.90 Å². The molecule has 1 heterocycles. The number of fused-ring (bicyclic) bond motifs is 1. The Morgan fingerprint density at radius 2 is 1.93 bits per heavy atom. The maximum Gasteiger partial charge on any atom is 0.240 e. The van der Waals surface area contributed by atoms with Crippen molar-refractivity contribution in [1.82, 2.24) is 20.3 Å². The van der Waals surface area contributed by atoms with Crippen molar-refractivity contribution in [2.75, 3.05) is 20.6 Å². The molecular formula is C21H28IN5O2S. The van der Waals surface area contributed by atoms with Gasteiger partial charge in [0, 0.05) is 37.2 Å². The molecule has 0 saturated carbocycles. The fourth-order valence-electron chi connectivity index (χ4n) is 3.17. The number of aromatic nitrogens is 1. The van der Waals surface area contributed by atoms with Crippen LogP contribution in [0.5, 0.6) is 0 Å². The molecule has 0 atom stereocenters. The topological polar surface area (TPSA) is 98.4 Å². The second-order valence-corrected chi connectivity index (χ2v) is 8.71. The summed E-state index contributed by atoms with van der Waals surface area (Å²) in [5, 5.41) is 7.77. The average Bonchev–Trinajstić information content (AvgIpc) is 3.12. The first-order chi connectivity index (χ1) is 13.9. The minimum absolute atomic E-state index is 0. The number of benzene rings is 2. The number of aryl methyl sites for hydroxylation is 1. The van der Waals surface area contributed by atoms with Crippen molar-refractivity contribution in [3.63, 3.8) is 0 Å². The molecule has 0 aliphatic carbocycles. The van der Waals surface area contributed by atoms with E-state index in [9.17, 15) is 8.42 Å². The van der Waals surface area contributed by atoms with Crippen molar-refractivity contribution in [2.45, 2.75) is 24.8 Å². The van der Waals surface area contributed by atoms with E-state index in [4.69, 9.17) is 0 Å². The quantitative estimate of drug-likeness (QED) is 0.210. The summed E-state index contributed by atoms with van der Waals surface area (Å²) in [6.07, 6.45) is 2.91. The van der Waals surface area contributed by atoms with Gasteiger partial charge in [-0.05, 0) is 55.3 Å². The fourth-order valence-corrected chi connectivity index (χ4v) is 3.97.